The van der Waals surface area contributed by atoms with Crippen molar-refractivity contribution in [1.29, 1.82) is 0 Å². The summed E-state index contributed by atoms with van der Waals surface area (Å²) in [5.41, 5.74) is 6.69. The number of oxime groups is 1. The maximum atomic E-state index is 13.7. The third-order valence-corrected chi connectivity index (χ3v) is 3.47. The highest BCUT2D eigenvalue weighted by atomic mass is 19.1. The molecule has 0 saturated carbocycles. The summed E-state index contributed by atoms with van der Waals surface area (Å²) in [5, 5.41) is 6.22. The number of imidazole rings is 1. The van der Waals surface area contributed by atoms with Crippen LogP contribution < -0.4 is 11.1 Å². The zero-order chi connectivity index (χ0) is 17.7. The Labute approximate surface area is 139 Å². The average molecular weight is 333 g/mol. The number of hydrogen-bond acceptors (Lipinski definition) is 4. The molecule has 1 aromatic heterocycles. The highest BCUT2D eigenvalue weighted by Crippen LogP contribution is 2.16. The molecule has 1 heterocycles. The molecule has 128 valence electrons. The van der Waals surface area contributed by atoms with Gasteiger partial charge in [-0.2, -0.15) is 0 Å². The van der Waals surface area contributed by atoms with E-state index in [1.807, 2.05) is 6.92 Å². The summed E-state index contributed by atoms with van der Waals surface area (Å²) in [5.74, 6) is -0.842. The molecule has 0 saturated heterocycles. The topological polar surface area (TPSA) is 94.5 Å². The van der Waals surface area contributed by atoms with Gasteiger partial charge >= 0.3 is 0 Å². The van der Waals surface area contributed by atoms with Crippen molar-refractivity contribution in [2.24, 2.45) is 10.9 Å². The molecule has 0 spiro atoms. The van der Waals surface area contributed by atoms with Gasteiger partial charge in [0.15, 0.2) is 5.84 Å². The number of amides is 1. The number of hydrogen-bond donors (Lipinski definition) is 2. The molecule has 0 fully saturated rings. The van der Waals surface area contributed by atoms with Gasteiger partial charge in [-0.15, -0.1) is 0 Å². The Hall–Kier alpha value is -2.90. The van der Waals surface area contributed by atoms with E-state index in [0.717, 1.165) is 5.56 Å². The summed E-state index contributed by atoms with van der Waals surface area (Å²) in [6.45, 7) is 5.08. The van der Waals surface area contributed by atoms with Crippen molar-refractivity contribution in [3.8, 4) is 0 Å². The molecular formula is C16H20FN5O2. The van der Waals surface area contributed by atoms with Gasteiger partial charge in [-0.05, 0) is 38.5 Å². The van der Waals surface area contributed by atoms with Gasteiger partial charge in [0, 0.05) is 12.4 Å². The van der Waals surface area contributed by atoms with E-state index in [2.05, 4.69) is 15.5 Å². The summed E-state index contributed by atoms with van der Waals surface area (Å²) < 4.78 is 15.5. The Morgan fingerprint density at radius 3 is 2.83 bits per heavy atom. The number of nitrogens with one attached hydrogen (secondary N) is 1. The average Bonchev–Trinajstić information content (AvgIpc) is 3.08. The van der Waals surface area contributed by atoms with Crippen LogP contribution in [0.2, 0.25) is 0 Å². The Morgan fingerprint density at radius 1 is 1.46 bits per heavy atom. The van der Waals surface area contributed by atoms with E-state index < -0.39 is 17.8 Å². The minimum absolute atomic E-state index is 0.0878. The van der Waals surface area contributed by atoms with Gasteiger partial charge in [-0.3, -0.25) is 4.79 Å². The number of carbonyl (C=O) groups is 1. The normalized spacial score (nSPS) is 14.1. The van der Waals surface area contributed by atoms with Crippen LogP contribution in [0.5, 0.6) is 0 Å². The van der Waals surface area contributed by atoms with Crippen molar-refractivity contribution >= 4 is 17.4 Å². The number of aryl methyl sites for hydroxylation is 1. The molecule has 3 N–H and O–H groups in total. The molecule has 0 aliphatic carbocycles. The second kappa shape index (κ2) is 7.58. The molecule has 7 nitrogen and oxygen atoms in total. The summed E-state index contributed by atoms with van der Waals surface area (Å²) in [6.07, 6.45) is 4.03. The smallest absolute Gasteiger partial charge is 0.268 e. The molecular weight excluding hydrogens is 313 g/mol. The fourth-order valence-electron chi connectivity index (χ4n) is 1.87. The van der Waals surface area contributed by atoms with E-state index >= 15 is 0 Å². The van der Waals surface area contributed by atoms with Crippen molar-refractivity contribution in [2.45, 2.75) is 32.9 Å². The second-order valence-electron chi connectivity index (χ2n) is 5.42. The zero-order valence-electron chi connectivity index (χ0n) is 13.7. The first-order valence-corrected chi connectivity index (χ1v) is 7.42. The minimum atomic E-state index is -0.931. The van der Waals surface area contributed by atoms with Gasteiger partial charge < -0.3 is 20.5 Å². The van der Waals surface area contributed by atoms with Crippen LogP contribution in [-0.4, -0.2) is 27.4 Å². The van der Waals surface area contributed by atoms with E-state index in [1.165, 1.54) is 19.1 Å². The zero-order valence-corrected chi connectivity index (χ0v) is 13.7. The fourth-order valence-corrected chi connectivity index (χ4v) is 1.87. The predicted molar refractivity (Wildman–Crippen MR) is 88.9 cm³/mol. The second-order valence-corrected chi connectivity index (χ2v) is 5.42. The van der Waals surface area contributed by atoms with Crippen LogP contribution >= 0.6 is 0 Å². The Balaban J connectivity index is 1.94. The quantitative estimate of drug-likeness (QED) is 0.481. The van der Waals surface area contributed by atoms with E-state index in [-0.39, 0.29) is 17.6 Å². The number of aromatic nitrogens is 2. The fraction of sp³-hybridized carbons (Fsp3) is 0.312. The first kappa shape index (κ1) is 17.5. The van der Waals surface area contributed by atoms with Gasteiger partial charge in [0.2, 0.25) is 6.10 Å². The van der Waals surface area contributed by atoms with Crippen molar-refractivity contribution < 1.29 is 14.0 Å². The standard InChI is InChI=1S/C16H20FN5O2/c1-10-4-5-14(13(17)8-10)20-16(23)12(3)24-21-15(18)11(2)22-7-6-19-9-22/h4-9,11-12H,1-3H3,(H2,18,21)(H,20,23)/t11-,12+/m0/s1. The SMILES string of the molecule is Cc1ccc(NC(=O)[C@@H](C)O/N=C(\N)[C@H](C)n2ccnc2)c(F)c1. The van der Waals surface area contributed by atoms with Crippen LogP contribution in [0.15, 0.2) is 42.1 Å². The molecule has 0 radical (unpaired) electrons. The number of benzene rings is 1. The molecule has 0 bridgehead atoms. The summed E-state index contributed by atoms with van der Waals surface area (Å²) >= 11 is 0. The number of nitrogens with two attached hydrogens (primary N) is 1. The number of nitrogens with zero attached hydrogens (tertiary/aromatic N) is 3. The number of rotatable bonds is 6. The molecule has 0 aliphatic heterocycles. The molecule has 24 heavy (non-hydrogen) atoms. The molecule has 0 unspecified atom stereocenters. The maximum Gasteiger partial charge on any atom is 0.268 e. The lowest BCUT2D eigenvalue weighted by atomic mass is 10.2. The van der Waals surface area contributed by atoms with Crippen LogP contribution in [-0.2, 0) is 9.63 Å². The first-order valence-electron chi connectivity index (χ1n) is 7.42. The number of halogens is 1. The lowest BCUT2D eigenvalue weighted by molar-refractivity contribution is -0.126. The number of amidine groups is 1. The lowest BCUT2D eigenvalue weighted by Gasteiger charge is -2.14. The van der Waals surface area contributed by atoms with E-state index in [1.54, 1.807) is 36.3 Å². The van der Waals surface area contributed by atoms with Crippen LogP contribution in [0.3, 0.4) is 0 Å². The van der Waals surface area contributed by atoms with Gasteiger partial charge in [0.1, 0.15) is 5.82 Å². The van der Waals surface area contributed by atoms with Crippen LogP contribution in [0.25, 0.3) is 0 Å². The molecule has 2 rings (SSSR count). The molecule has 1 aromatic carbocycles. The van der Waals surface area contributed by atoms with Crippen molar-refractivity contribution in [2.75, 3.05) is 5.32 Å². The van der Waals surface area contributed by atoms with Crippen molar-refractivity contribution in [3.05, 3.63) is 48.3 Å². The third kappa shape index (κ3) is 4.31. The molecule has 0 aliphatic rings. The molecule has 8 heteroatoms. The first-order chi connectivity index (χ1) is 11.4. The van der Waals surface area contributed by atoms with Crippen LogP contribution in [0.1, 0.15) is 25.5 Å². The summed E-state index contributed by atoms with van der Waals surface area (Å²) in [4.78, 5) is 21.1. The molecule has 1 amide bonds. The molecule has 2 atom stereocenters. The Kier molecular flexibility index (Phi) is 5.51. The predicted octanol–water partition coefficient (Wildman–Crippen LogP) is 2.21. The maximum absolute atomic E-state index is 13.7. The van der Waals surface area contributed by atoms with E-state index in [0.29, 0.717) is 0 Å². The van der Waals surface area contributed by atoms with Crippen molar-refractivity contribution in [3.63, 3.8) is 0 Å². The van der Waals surface area contributed by atoms with Crippen LogP contribution in [0, 0.1) is 12.7 Å². The number of anilines is 1. The van der Waals surface area contributed by atoms with Gasteiger partial charge in [-0.1, -0.05) is 11.2 Å². The largest absolute Gasteiger partial charge is 0.383 e. The van der Waals surface area contributed by atoms with Gasteiger partial charge in [-0.25, -0.2) is 9.37 Å². The summed E-state index contributed by atoms with van der Waals surface area (Å²) in [6, 6.07) is 4.27. The molecule has 2 aromatic rings. The van der Waals surface area contributed by atoms with Crippen LogP contribution in [0.4, 0.5) is 10.1 Å². The highest BCUT2D eigenvalue weighted by Gasteiger charge is 2.17. The third-order valence-electron chi connectivity index (χ3n) is 3.47. The Bertz CT molecular complexity index is 730. The minimum Gasteiger partial charge on any atom is -0.383 e. The summed E-state index contributed by atoms with van der Waals surface area (Å²) in [7, 11) is 0. The Morgan fingerprint density at radius 2 is 2.21 bits per heavy atom. The lowest BCUT2D eigenvalue weighted by Crippen LogP contribution is -2.29. The van der Waals surface area contributed by atoms with Gasteiger partial charge in [0.25, 0.3) is 5.91 Å². The monoisotopic (exact) mass is 333 g/mol. The number of carbonyl (C=O) groups excluding carboxylic acids is 1. The van der Waals surface area contributed by atoms with E-state index in [4.69, 9.17) is 10.6 Å². The highest BCUT2D eigenvalue weighted by molar-refractivity contribution is 5.94. The van der Waals surface area contributed by atoms with Gasteiger partial charge in [0.05, 0.1) is 18.1 Å². The van der Waals surface area contributed by atoms with E-state index in [9.17, 15) is 9.18 Å². The van der Waals surface area contributed by atoms with Crippen molar-refractivity contribution in [1.82, 2.24) is 9.55 Å².